The number of halogens is 3. The number of rotatable bonds is 3. The third kappa shape index (κ3) is 3.19. The number of hydrogen-bond donors (Lipinski definition) is 2. The predicted octanol–water partition coefficient (Wildman–Crippen LogP) is 2.03. The summed E-state index contributed by atoms with van der Waals surface area (Å²) in [6.45, 7) is 3.46. The molecule has 0 bridgehead atoms. The molecule has 17 heavy (non-hydrogen) atoms. The lowest BCUT2D eigenvalue weighted by molar-refractivity contribution is -0.0626. The maximum absolute atomic E-state index is 12.3. The van der Waals surface area contributed by atoms with E-state index in [4.69, 9.17) is 10.8 Å². The summed E-state index contributed by atoms with van der Waals surface area (Å²) in [4.78, 5) is 3.78. The Hall–Kier alpha value is -1.57. The zero-order valence-corrected chi connectivity index (χ0v) is 9.40. The average molecular weight is 262 g/mol. The van der Waals surface area contributed by atoms with Crippen LogP contribution in [-0.4, -0.2) is 27.3 Å². The highest BCUT2D eigenvalue weighted by atomic mass is 32.2. The van der Waals surface area contributed by atoms with Gasteiger partial charge in [0.15, 0.2) is 5.49 Å². The van der Waals surface area contributed by atoms with Gasteiger partial charge in [0.05, 0.1) is 0 Å². The molecule has 0 radical (unpaired) electrons. The minimum absolute atomic E-state index is 0.126. The number of aromatic nitrogens is 2. The van der Waals surface area contributed by atoms with Crippen LogP contribution in [0.2, 0.25) is 0 Å². The minimum atomic E-state index is -4.79. The molecule has 0 aliphatic rings. The first-order valence-corrected chi connectivity index (χ1v) is 5.38. The van der Waals surface area contributed by atoms with E-state index in [1.54, 1.807) is 6.08 Å². The fraction of sp³-hybridized carbons (Fsp3) is 0.222. The molecule has 0 saturated carbocycles. The van der Waals surface area contributed by atoms with E-state index in [1.807, 2.05) is 0 Å². The summed E-state index contributed by atoms with van der Waals surface area (Å²) in [5.74, 6) is -1.17. The second-order valence-corrected chi connectivity index (χ2v) is 3.91. The monoisotopic (exact) mass is 262 g/mol. The lowest BCUT2D eigenvalue weighted by atomic mass is 10.5. The van der Waals surface area contributed by atoms with E-state index >= 15 is 0 Å². The molecular formula is C9H9F3N4S. The van der Waals surface area contributed by atoms with Gasteiger partial charge < -0.3 is 0 Å². The normalized spacial score (nSPS) is 11.2. The highest BCUT2D eigenvalue weighted by molar-refractivity contribution is 7.99. The van der Waals surface area contributed by atoms with Gasteiger partial charge in [-0.15, -0.1) is 6.58 Å². The summed E-state index contributed by atoms with van der Waals surface area (Å²) >= 11 is 1.09. The van der Waals surface area contributed by atoms with E-state index in [1.165, 1.54) is 0 Å². The molecule has 0 amide bonds. The first-order valence-electron chi connectivity index (χ1n) is 4.40. The predicted molar refractivity (Wildman–Crippen MR) is 58.2 cm³/mol. The highest BCUT2D eigenvalue weighted by Crippen LogP contribution is 2.17. The maximum Gasteiger partial charge on any atom is 0.449 e. The largest absolute Gasteiger partial charge is 0.449 e. The first-order chi connectivity index (χ1) is 7.88. The lowest BCUT2D eigenvalue weighted by Crippen LogP contribution is -2.37. The number of nitrogens with one attached hydrogen (secondary N) is 2. The van der Waals surface area contributed by atoms with Crippen molar-refractivity contribution in [3.8, 4) is 0 Å². The molecule has 1 rings (SSSR count). The Labute approximate surface area is 99.2 Å². The van der Waals surface area contributed by atoms with Crippen LogP contribution in [0.3, 0.4) is 0 Å². The molecule has 92 valence electrons. The van der Waals surface area contributed by atoms with Crippen molar-refractivity contribution in [1.82, 2.24) is 9.55 Å². The van der Waals surface area contributed by atoms with E-state index in [2.05, 4.69) is 11.6 Å². The number of alkyl halides is 3. The smallest absolute Gasteiger partial charge is 0.282 e. The molecule has 4 nitrogen and oxygen atoms in total. The lowest BCUT2D eigenvalue weighted by Gasteiger charge is -2.12. The summed E-state index contributed by atoms with van der Waals surface area (Å²) in [5.41, 5.74) is -0.457. The van der Waals surface area contributed by atoms with Crippen LogP contribution in [0.4, 0.5) is 13.2 Å². The molecule has 0 aliphatic heterocycles. The summed E-state index contributed by atoms with van der Waals surface area (Å²) in [6, 6.07) is 0. The van der Waals surface area contributed by atoms with Crippen molar-refractivity contribution >= 4 is 17.6 Å². The molecule has 0 fully saturated rings. The van der Waals surface area contributed by atoms with Gasteiger partial charge in [0.25, 0.3) is 0 Å². The number of thioether (sulfide) groups is 1. The summed E-state index contributed by atoms with van der Waals surface area (Å²) in [6.07, 6.45) is -1.17. The van der Waals surface area contributed by atoms with Crippen LogP contribution in [0.1, 0.15) is 0 Å². The molecule has 0 aromatic carbocycles. The second-order valence-electron chi connectivity index (χ2n) is 2.90. The van der Waals surface area contributed by atoms with Gasteiger partial charge in [0.2, 0.25) is 5.84 Å². The van der Waals surface area contributed by atoms with Crippen molar-refractivity contribution in [3.05, 3.63) is 30.5 Å². The molecule has 0 spiro atoms. The molecule has 2 N–H and O–H groups in total. The fourth-order valence-electron chi connectivity index (χ4n) is 0.973. The van der Waals surface area contributed by atoms with Crippen LogP contribution < -0.4 is 5.49 Å². The van der Waals surface area contributed by atoms with E-state index in [9.17, 15) is 13.2 Å². The van der Waals surface area contributed by atoms with E-state index in [0.717, 1.165) is 24.2 Å². The molecule has 0 atom stereocenters. The SMILES string of the molecule is C=CCSc1nccn(C(=N)C(F)(F)F)c1=N. The molecular weight excluding hydrogens is 253 g/mol. The second kappa shape index (κ2) is 5.17. The van der Waals surface area contributed by atoms with Crippen molar-refractivity contribution in [2.24, 2.45) is 0 Å². The highest BCUT2D eigenvalue weighted by Gasteiger charge is 2.36. The molecule has 1 aromatic rings. The Morgan fingerprint density at radius 3 is 2.76 bits per heavy atom. The quantitative estimate of drug-likeness (QED) is 0.379. The first kappa shape index (κ1) is 13.5. The van der Waals surface area contributed by atoms with E-state index in [-0.39, 0.29) is 5.03 Å². The Bertz CT molecular complexity index is 492. The van der Waals surface area contributed by atoms with Crippen LogP contribution in [0.5, 0.6) is 0 Å². The van der Waals surface area contributed by atoms with Crippen molar-refractivity contribution < 1.29 is 13.2 Å². The topological polar surface area (TPSA) is 65.5 Å². The van der Waals surface area contributed by atoms with Crippen molar-refractivity contribution in [1.29, 1.82) is 10.8 Å². The minimum Gasteiger partial charge on any atom is -0.282 e. The standard InChI is InChI=1S/C9H9F3N4S/c1-2-5-17-7-6(13)16(4-3-15-7)8(14)9(10,11)12/h2-4,13-14H,1,5H2. The fourth-order valence-corrected chi connectivity index (χ4v) is 1.62. The van der Waals surface area contributed by atoms with Gasteiger partial charge in [-0.3, -0.25) is 15.4 Å². The summed E-state index contributed by atoms with van der Waals surface area (Å²) in [7, 11) is 0. The molecule has 1 heterocycles. The molecule has 0 saturated heterocycles. The van der Waals surface area contributed by atoms with Crippen molar-refractivity contribution in [2.45, 2.75) is 11.2 Å². The Morgan fingerprint density at radius 2 is 2.24 bits per heavy atom. The number of nitrogens with zero attached hydrogens (tertiary/aromatic N) is 2. The van der Waals surface area contributed by atoms with Crippen molar-refractivity contribution in [3.63, 3.8) is 0 Å². The van der Waals surface area contributed by atoms with Crippen LogP contribution in [0.25, 0.3) is 0 Å². The third-order valence-electron chi connectivity index (χ3n) is 1.70. The van der Waals surface area contributed by atoms with Gasteiger partial charge in [0, 0.05) is 18.1 Å². The van der Waals surface area contributed by atoms with Crippen LogP contribution in [-0.2, 0) is 0 Å². The van der Waals surface area contributed by atoms with E-state index < -0.39 is 17.5 Å². The van der Waals surface area contributed by atoms with Gasteiger partial charge in [0.1, 0.15) is 5.03 Å². The summed E-state index contributed by atoms with van der Waals surface area (Å²) in [5, 5.41) is 14.6. The van der Waals surface area contributed by atoms with Gasteiger partial charge >= 0.3 is 6.18 Å². The van der Waals surface area contributed by atoms with Gasteiger partial charge in [-0.2, -0.15) is 13.2 Å². The molecule has 0 unspecified atom stereocenters. The Kier molecular flexibility index (Phi) is 4.11. The van der Waals surface area contributed by atoms with Gasteiger partial charge in [-0.1, -0.05) is 17.8 Å². The Morgan fingerprint density at radius 1 is 1.59 bits per heavy atom. The van der Waals surface area contributed by atoms with Crippen LogP contribution in [0.15, 0.2) is 30.1 Å². The van der Waals surface area contributed by atoms with Gasteiger partial charge in [-0.05, 0) is 0 Å². The Balaban J connectivity index is 3.15. The molecule has 1 aromatic heterocycles. The van der Waals surface area contributed by atoms with Crippen LogP contribution >= 0.6 is 11.8 Å². The molecule has 0 aliphatic carbocycles. The van der Waals surface area contributed by atoms with Crippen molar-refractivity contribution in [2.75, 3.05) is 5.75 Å². The average Bonchev–Trinajstić information content (AvgIpc) is 2.25. The maximum atomic E-state index is 12.3. The molecule has 8 heteroatoms. The summed E-state index contributed by atoms with van der Waals surface area (Å²) < 4.78 is 37.4. The third-order valence-corrected chi connectivity index (χ3v) is 2.67. The van der Waals surface area contributed by atoms with Gasteiger partial charge in [-0.25, -0.2) is 4.98 Å². The number of hydrogen-bond acceptors (Lipinski definition) is 4. The zero-order chi connectivity index (χ0) is 13.1. The van der Waals surface area contributed by atoms with Crippen LogP contribution in [0, 0.1) is 10.8 Å². The van der Waals surface area contributed by atoms with E-state index in [0.29, 0.717) is 10.3 Å². The zero-order valence-electron chi connectivity index (χ0n) is 8.58.